The molecular formula is C17H16N4O3. The molecule has 0 saturated heterocycles. The molecule has 3 aromatic rings. The number of hydrogen-bond acceptors (Lipinski definition) is 5. The van der Waals surface area contributed by atoms with Crippen LogP contribution in [0.2, 0.25) is 0 Å². The van der Waals surface area contributed by atoms with E-state index in [1.807, 2.05) is 30.3 Å². The summed E-state index contributed by atoms with van der Waals surface area (Å²) in [4.78, 5) is 13.1. The fourth-order valence-corrected chi connectivity index (χ4v) is 2.21. The van der Waals surface area contributed by atoms with E-state index < -0.39 is 5.91 Å². The van der Waals surface area contributed by atoms with E-state index in [0.717, 1.165) is 5.69 Å². The third-order valence-corrected chi connectivity index (χ3v) is 3.36. The smallest absolute Gasteiger partial charge is 0.252 e. The Bertz CT molecular complexity index is 846. The average molecular weight is 324 g/mol. The van der Waals surface area contributed by atoms with Crippen LogP contribution in [-0.4, -0.2) is 28.0 Å². The summed E-state index contributed by atoms with van der Waals surface area (Å²) in [5.74, 6) is 0.139. The average Bonchev–Trinajstić information content (AvgIpc) is 3.09. The summed E-state index contributed by atoms with van der Waals surface area (Å²) in [7, 11) is 1.50. The molecule has 1 aromatic heterocycles. The Kier molecular flexibility index (Phi) is 4.42. The first-order chi connectivity index (χ1) is 11.7. The standard InChI is InChI=1S/C17H16N4O3/c1-23-15-9-5-8-14(17(18)22)16(15)24-11-12-10-19-21(20-12)13-6-3-2-4-7-13/h2-10H,11H2,1H3,(H2,18,22). The second kappa shape index (κ2) is 6.82. The molecule has 7 nitrogen and oxygen atoms in total. The highest BCUT2D eigenvalue weighted by atomic mass is 16.5. The minimum Gasteiger partial charge on any atom is -0.493 e. The van der Waals surface area contributed by atoms with Gasteiger partial charge in [0.15, 0.2) is 11.5 Å². The van der Waals surface area contributed by atoms with E-state index in [9.17, 15) is 4.79 Å². The fourth-order valence-electron chi connectivity index (χ4n) is 2.21. The van der Waals surface area contributed by atoms with Crippen LogP contribution >= 0.6 is 0 Å². The van der Waals surface area contributed by atoms with Gasteiger partial charge in [-0.2, -0.15) is 9.90 Å². The summed E-state index contributed by atoms with van der Waals surface area (Å²) in [6.45, 7) is 0.132. The normalized spacial score (nSPS) is 10.4. The third kappa shape index (κ3) is 3.19. The van der Waals surface area contributed by atoms with E-state index in [4.69, 9.17) is 15.2 Å². The van der Waals surface area contributed by atoms with Crippen molar-refractivity contribution in [1.29, 1.82) is 0 Å². The fraction of sp³-hybridized carbons (Fsp3) is 0.118. The molecule has 0 aliphatic rings. The van der Waals surface area contributed by atoms with E-state index in [0.29, 0.717) is 17.2 Å². The Labute approximate surface area is 138 Å². The highest BCUT2D eigenvalue weighted by Gasteiger charge is 2.15. The summed E-state index contributed by atoms with van der Waals surface area (Å²) >= 11 is 0. The van der Waals surface area contributed by atoms with Gasteiger partial charge in [-0.25, -0.2) is 0 Å². The lowest BCUT2D eigenvalue weighted by Gasteiger charge is -2.12. The maximum Gasteiger partial charge on any atom is 0.252 e. The molecule has 0 aliphatic carbocycles. The zero-order valence-electron chi connectivity index (χ0n) is 13.0. The molecule has 0 aliphatic heterocycles. The van der Waals surface area contributed by atoms with Crippen LogP contribution in [0.4, 0.5) is 0 Å². The Morgan fingerprint density at radius 2 is 1.96 bits per heavy atom. The number of carbonyl (C=O) groups excluding carboxylic acids is 1. The zero-order valence-corrected chi connectivity index (χ0v) is 13.0. The molecule has 2 aromatic carbocycles. The number of primary amides is 1. The van der Waals surface area contributed by atoms with Gasteiger partial charge in [0.1, 0.15) is 12.3 Å². The molecule has 1 heterocycles. The summed E-state index contributed by atoms with van der Waals surface area (Å²) < 4.78 is 10.9. The van der Waals surface area contributed by atoms with Gasteiger partial charge in [0, 0.05) is 0 Å². The summed E-state index contributed by atoms with van der Waals surface area (Å²) in [6, 6.07) is 14.5. The first-order valence-electron chi connectivity index (χ1n) is 7.25. The molecule has 3 rings (SSSR count). The van der Waals surface area contributed by atoms with Crippen molar-refractivity contribution in [2.24, 2.45) is 5.73 Å². The van der Waals surface area contributed by atoms with Crippen LogP contribution < -0.4 is 15.2 Å². The highest BCUT2D eigenvalue weighted by molar-refractivity contribution is 5.96. The van der Waals surface area contributed by atoms with Crippen LogP contribution in [-0.2, 0) is 6.61 Å². The lowest BCUT2D eigenvalue weighted by Crippen LogP contribution is -2.13. The van der Waals surface area contributed by atoms with Crippen molar-refractivity contribution in [3.05, 3.63) is 66.0 Å². The van der Waals surface area contributed by atoms with E-state index in [1.165, 1.54) is 11.9 Å². The Balaban J connectivity index is 1.80. The lowest BCUT2D eigenvalue weighted by molar-refractivity contribution is 0.0995. The number of benzene rings is 2. The van der Waals surface area contributed by atoms with Crippen LogP contribution in [0.25, 0.3) is 5.69 Å². The van der Waals surface area contributed by atoms with Crippen molar-refractivity contribution in [1.82, 2.24) is 15.0 Å². The molecule has 2 N–H and O–H groups in total. The van der Waals surface area contributed by atoms with Gasteiger partial charge in [-0.15, -0.1) is 5.10 Å². The van der Waals surface area contributed by atoms with Gasteiger partial charge in [0.05, 0.1) is 24.6 Å². The molecule has 0 radical (unpaired) electrons. The summed E-state index contributed by atoms with van der Waals surface area (Å²) in [5, 5.41) is 8.55. The van der Waals surface area contributed by atoms with E-state index in [-0.39, 0.29) is 12.2 Å². The number of ether oxygens (including phenoxy) is 2. The number of carbonyl (C=O) groups is 1. The molecule has 0 fully saturated rings. The minimum atomic E-state index is -0.586. The van der Waals surface area contributed by atoms with E-state index in [2.05, 4.69) is 10.2 Å². The second-order valence-electron chi connectivity index (χ2n) is 4.95. The number of methoxy groups -OCH3 is 1. The van der Waals surface area contributed by atoms with Gasteiger partial charge in [-0.3, -0.25) is 4.79 Å². The quantitative estimate of drug-likeness (QED) is 0.748. The second-order valence-corrected chi connectivity index (χ2v) is 4.95. The number of nitrogens with two attached hydrogens (primary N) is 1. The molecule has 7 heteroatoms. The molecule has 0 spiro atoms. The van der Waals surface area contributed by atoms with Gasteiger partial charge in [-0.05, 0) is 24.3 Å². The van der Waals surface area contributed by atoms with Crippen molar-refractivity contribution in [3.8, 4) is 17.2 Å². The molecule has 0 atom stereocenters. The number of rotatable bonds is 6. The topological polar surface area (TPSA) is 92.3 Å². The maximum absolute atomic E-state index is 11.5. The predicted molar refractivity (Wildman–Crippen MR) is 87.2 cm³/mol. The number of hydrogen-bond donors (Lipinski definition) is 1. The van der Waals surface area contributed by atoms with Gasteiger partial charge < -0.3 is 15.2 Å². The molecule has 24 heavy (non-hydrogen) atoms. The Morgan fingerprint density at radius 3 is 2.67 bits per heavy atom. The van der Waals surface area contributed by atoms with Crippen molar-refractivity contribution < 1.29 is 14.3 Å². The Hall–Kier alpha value is -3.35. The first-order valence-corrected chi connectivity index (χ1v) is 7.25. The molecule has 0 bridgehead atoms. The Morgan fingerprint density at radius 1 is 1.17 bits per heavy atom. The van der Waals surface area contributed by atoms with Gasteiger partial charge >= 0.3 is 0 Å². The molecular weight excluding hydrogens is 308 g/mol. The van der Waals surface area contributed by atoms with Gasteiger partial charge in [-0.1, -0.05) is 24.3 Å². The van der Waals surface area contributed by atoms with Crippen LogP contribution in [0.15, 0.2) is 54.7 Å². The number of para-hydroxylation sites is 2. The summed E-state index contributed by atoms with van der Waals surface area (Å²) in [6.07, 6.45) is 1.60. The van der Waals surface area contributed by atoms with Crippen LogP contribution in [0, 0.1) is 0 Å². The first kappa shape index (κ1) is 15.5. The van der Waals surface area contributed by atoms with Crippen molar-refractivity contribution in [2.45, 2.75) is 6.61 Å². The largest absolute Gasteiger partial charge is 0.493 e. The van der Waals surface area contributed by atoms with E-state index >= 15 is 0 Å². The van der Waals surface area contributed by atoms with Gasteiger partial charge in [0.2, 0.25) is 0 Å². The number of nitrogens with zero attached hydrogens (tertiary/aromatic N) is 3. The molecule has 0 unspecified atom stereocenters. The van der Waals surface area contributed by atoms with Crippen LogP contribution in [0.1, 0.15) is 16.1 Å². The monoisotopic (exact) mass is 324 g/mol. The SMILES string of the molecule is COc1cccc(C(N)=O)c1OCc1cnn(-c2ccccc2)n1. The van der Waals surface area contributed by atoms with Crippen LogP contribution in [0.5, 0.6) is 11.5 Å². The summed E-state index contributed by atoms with van der Waals surface area (Å²) in [5.41, 5.74) is 7.09. The zero-order chi connectivity index (χ0) is 16.9. The van der Waals surface area contributed by atoms with Crippen molar-refractivity contribution in [2.75, 3.05) is 7.11 Å². The minimum absolute atomic E-state index is 0.132. The van der Waals surface area contributed by atoms with Crippen molar-refractivity contribution in [3.63, 3.8) is 0 Å². The highest BCUT2D eigenvalue weighted by Crippen LogP contribution is 2.31. The van der Waals surface area contributed by atoms with E-state index in [1.54, 1.807) is 24.4 Å². The maximum atomic E-state index is 11.5. The van der Waals surface area contributed by atoms with Gasteiger partial charge in [0.25, 0.3) is 5.91 Å². The number of amides is 1. The molecule has 1 amide bonds. The number of aromatic nitrogens is 3. The third-order valence-electron chi connectivity index (χ3n) is 3.36. The lowest BCUT2D eigenvalue weighted by atomic mass is 10.2. The molecule has 122 valence electrons. The predicted octanol–water partition coefficient (Wildman–Crippen LogP) is 1.95. The van der Waals surface area contributed by atoms with Crippen LogP contribution in [0.3, 0.4) is 0 Å². The molecule has 0 saturated carbocycles. The van der Waals surface area contributed by atoms with Crippen molar-refractivity contribution >= 4 is 5.91 Å².